The third kappa shape index (κ3) is 5.67. The standard InChI is InChI=1S/C10H18N2O4/c1-9(13)11-8-10(14)16-7-4-12-2-5-15-6-3-12/h2-8H2,1H3,(H,11,13). The lowest BCUT2D eigenvalue weighted by Crippen LogP contribution is -2.39. The minimum Gasteiger partial charge on any atom is -0.463 e. The summed E-state index contributed by atoms with van der Waals surface area (Å²) < 4.78 is 10.2. The van der Waals surface area contributed by atoms with Gasteiger partial charge in [-0.05, 0) is 0 Å². The SMILES string of the molecule is CC(=O)NCC(=O)OCCN1CCOCC1. The Morgan fingerprint density at radius 3 is 2.69 bits per heavy atom. The molecule has 1 saturated heterocycles. The van der Waals surface area contributed by atoms with E-state index in [1.165, 1.54) is 6.92 Å². The van der Waals surface area contributed by atoms with E-state index in [2.05, 4.69) is 10.2 Å². The van der Waals surface area contributed by atoms with Gasteiger partial charge in [-0.1, -0.05) is 0 Å². The summed E-state index contributed by atoms with van der Waals surface area (Å²) in [5.74, 6) is -0.631. The second kappa shape index (κ2) is 7.19. The second-order valence-electron chi connectivity index (χ2n) is 3.58. The van der Waals surface area contributed by atoms with Crippen molar-refractivity contribution in [3.63, 3.8) is 0 Å². The quantitative estimate of drug-likeness (QED) is 0.613. The number of amides is 1. The zero-order valence-electron chi connectivity index (χ0n) is 9.53. The predicted molar refractivity (Wildman–Crippen MR) is 56.9 cm³/mol. The number of carbonyl (C=O) groups excluding carboxylic acids is 2. The van der Waals surface area contributed by atoms with Crippen LogP contribution in [0, 0.1) is 0 Å². The van der Waals surface area contributed by atoms with Crippen molar-refractivity contribution in [3.05, 3.63) is 0 Å². The van der Waals surface area contributed by atoms with Crippen LogP contribution in [-0.4, -0.2) is 62.8 Å². The van der Waals surface area contributed by atoms with E-state index in [1.54, 1.807) is 0 Å². The van der Waals surface area contributed by atoms with Crippen LogP contribution in [0.5, 0.6) is 0 Å². The number of nitrogens with zero attached hydrogens (tertiary/aromatic N) is 1. The topological polar surface area (TPSA) is 67.9 Å². The van der Waals surface area contributed by atoms with Crippen molar-refractivity contribution in [3.8, 4) is 0 Å². The van der Waals surface area contributed by atoms with Crippen LogP contribution in [0.1, 0.15) is 6.92 Å². The van der Waals surface area contributed by atoms with Gasteiger partial charge in [-0.15, -0.1) is 0 Å². The highest BCUT2D eigenvalue weighted by Crippen LogP contribution is 1.95. The Labute approximate surface area is 94.9 Å². The Morgan fingerprint density at radius 2 is 2.06 bits per heavy atom. The summed E-state index contributed by atoms with van der Waals surface area (Å²) in [4.78, 5) is 23.8. The number of morpholine rings is 1. The Morgan fingerprint density at radius 1 is 1.38 bits per heavy atom. The Kier molecular flexibility index (Phi) is 5.81. The van der Waals surface area contributed by atoms with Crippen LogP contribution in [0.25, 0.3) is 0 Å². The molecule has 6 heteroatoms. The molecule has 1 aliphatic heterocycles. The molecule has 0 unspecified atom stereocenters. The van der Waals surface area contributed by atoms with Gasteiger partial charge in [-0.25, -0.2) is 0 Å². The molecule has 92 valence electrons. The summed E-state index contributed by atoms with van der Waals surface area (Å²) in [6, 6.07) is 0. The summed E-state index contributed by atoms with van der Waals surface area (Å²) in [6.07, 6.45) is 0. The number of esters is 1. The third-order valence-corrected chi connectivity index (χ3v) is 2.26. The fraction of sp³-hybridized carbons (Fsp3) is 0.800. The molecule has 0 spiro atoms. The summed E-state index contributed by atoms with van der Waals surface area (Å²) >= 11 is 0. The lowest BCUT2D eigenvalue weighted by molar-refractivity contribution is -0.144. The van der Waals surface area contributed by atoms with E-state index in [0.29, 0.717) is 6.61 Å². The fourth-order valence-corrected chi connectivity index (χ4v) is 1.36. The van der Waals surface area contributed by atoms with Crippen molar-refractivity contribution < 1.29 is 19.1 Å². The van der Waals surface area contributed by atoms with Crippen molar-refractivity contribution >= 4 is 11.9 Å². The fourth-order valence-electron chi connectivity index (χ4n) is 1.36. The van der Waals surface area contributed by atoms with Gasteiger partial charge in [-0.3, -0.25) is 14.5 Å². The molecule has 0 radical (unpaired) electrons. The van der Waals surface area contributed by atoms with Gasteiger partial charge in [0, 0.05) is 26.6 Å². The minimum absolute atomic E-state index is 0.0571. The smallest absolute Gasteiger partial charge is 0.325 e. The van der Waals surface area contributed by atoms with Gasteiger partial charge in [0.1, 0.15) is 13.2 Å². The monoisotopic (exact) mass is 230 g/mol. The van der Waals surface area contributed by atoms with E-state index in [9.17, 15) is 9.59 Å². The Balaban J connectivity index is 2.01. The molecule has 1 fully saturated rings. The lowest BCUT2D eigenvalue weighted by atomic mass is 10.4. The van der Waals surface area contributed by atoms with E-state index >= 15 is 0 Å². The number of nitrogens with one attached hydrogen (secondary N) is 1. The maximum atomic E-state index is 11.1. The Hall–Kier alpha value is -1.14. The third-order valence-electron chi connectivity index (χ3n) is 2.26. The molecule has 1 N–H and O–H groups in total. The molecular weight excluding hydrogens is 212 g/mol. The molecule has 0 aromatic carbocycles. The molecule has 0 atom stereocenters. The molecule has 0 aromatic rings. The summed E-state index contributed by atoms with van der Waals surface area (Å²) in [6.45, 7) is 5.61. The largest absolute Gasteiger partial charge is 0.463 e. The molecule has 16 heavy (non-hydrogen) atoms. The van der Waals surface area contributed by atoms with E-state index in [0.717, 1.165) is 32.8 Å². The predicted octanol–water partition coefficient (Wildman–Crippen LogP) is -1.00. The highest BCUT2D eigenvalue weighted by molar-refractivity contribution is 5.80. The van der Waals surface area contributed by atoms with Crippen LogP contribution in [0.4, 0.5) is 0 Å². The van der Waals surface area contributed by atoms with Crippen LogP contribution in [0.2, 0.25) is 0 Å². The second-order valence-corrected chi connectivity index (χ2v) is 3.58. The average Bonchev–Trinajstić information content (AvgIpc) is 2.28. The molecule has 0 bridgehead atoms. The maximum absolute atomic E-state index is 11.1. The van der Waals surface area contributed by atoms with Crippen molar-refractivity contribution in [2.75, 3.05) is 46.0 Å². The van der Waals surface area contributed by atoms with Crippen LogP contribution >= 0.6 is 0 Å². The molecule has 1 rings (SSSR count). The highest BCUT2D eigenvalue weighted by Gasteiger charge is 2.10. The van der Waals surface area contributed by atoms with E-state index < -0.39 is 5.97 Å². The molecule has 6 nitrogen and oxygen atoms in total. The highest BCUT2D eigenvalue weighted by atomic mass is 16.5. The first-order valence-electron chi connectivity index (χ1n) is 5.38. The van der Waals surface area contributed by atoms with Crippen molar-refractivity contribution in [1.82, 2.24) is 10.2 Å². The number of rotatable bonds is 5. The molecular formula is C10H18N2O4. The van der Waals surface area contributed by atoms with Crippen LogP contribution in [0.15, 0.2) is 0 Å². The van der Waals surface area contributed by atoms with E-state index in [4.69, 9.17) is 9.47 Å². The molecule has 1 aliphatic rings. The summed E-state index contributed by atoms with van der Waals surface area (Å²) in [7, 11) is 0. The normalized spacial score (nSPS) is 16.8. The number of hydrogen-bond acceptors (Lipinski definition) is 5. The van der Waals surface area contributed by atoms with Gasteiger partial charge in [-0.2, -0.15) is 0 Å². The molecule has 1 heterocycles. The lowest BCUT2D eigenvalue weighted by Gasteiger charge is -2.26. The van der Waals surface area contributed by atoms with Crippen molar-refractivity contribution in [2.24, 2.45) is 0 Å². The van der Waals surface area contributed by atoms with Gasteiger partial charge < -0.3 is 14.8 Å². The van der Waals surface area contributed by atoms with Crippen LogP contribution in [0.3, 0.4) is 0 Å². The van der Waals surface area contributed by atoms with Gasteiger partial charge in [0.05, 0.1) is 13.2 Å². The first-order chi connectivity index (χ1) is 7.68. The molecule has 0 saturated carbocycles. The van der Waals surface area contributed by atoms with E-state index in [1.807, 2.05) is 0 Å². The maximum Gasteiger partial charge on any atom is 0.325 e. The van der Waals surface area contributed by atoms with E-state index in [-0.39, 0.29) is 12.5 Å². The van der Waals surface area contributed by atoms with Crippen LogP contribution < -0.4 is 5.32 Å². The summed E-state index contributed by atoms with van der Waals surface area (Å²) in [5.41, 5.74) is 0. The zero-order valence-corrected chi connectivity index (χ0v) is 9.53. The zero-order chi connectivity index (χ0) is 11.8. The summed E-state index contributed by atoms with van der Waals surface area (Å²) in [5, 5.41) is 2.39. The number of carbonyl (C=O) groups is 2. The van der Waals surface area contributed by atoms with Gasteiger partial charge >= 0.3 is 5.97 Å². The Bertz CT molecular complexity index is 239. The molecule has 0 aromatic heterocycles. The first kappa shape index (κ1) is 12.9. The van der Waals surface area contributed by atoms with Gasteiger partial charge in [0.2, 0.25) is 5.91 Å². The molecule has 0 aliphatic carbocycles. The van der Waals surface area contributed by atoms with Crippen LogP contribution in [-0.2, 0) is 19.1 Å². The minimum atomic E-state index is -0.400. The number of ether oxygens (including phenoxy) is 2. The number of hydrogen-bond donors (Lipinski definition) is 1. The molecule has 1 amide bonds. The van der Waals surface area contributed by atoms with Crippen molar-refractivity contribution in [2.45, 2.75) is 6.92 Å². The average molecular weight is 230 g/mol. The first-order valence-corrected chi connectivity index (χ1v) is 5.38. The van der Waals surface area contributed by atoms with Crippen molar-refractivity contribution in [1.29, 1.82) is 0 Å². The van der Waals surface area contributed by atoms with Gasteiger partial charge in [0.25, 0.3) is 0 Å². The van der Waals surface area contributed by atoms with Gasteiger partial charge in [0.15, 0.2) is 0 Å².